The lowest BCUT2D eigenvalue weighted by atomic mass is 9.70. The van der Waals surface area contributed by atoms with Crippen LogP contribution in [0.25, 0.3) is 22.3 Å². The summed E-state index contributed by atoms with van der Waals surface area (Å²) in [5.74, 6) is 0.546. The van der Waals surface area contributed by atoms with Crippen molar-refractivity contribution in [2.75, 3.05) is 13.1 Å². The van der Waals surface area contributed by atoms with Gasteiger partial charge in [0.2, 0.25) is 5.91 Å². The number of benzene rings is 3. The second-order valence-electron chi connectivity index (χ2n) is 12.5. The number of carbonyl (C=O) groups is 1. The molecule has 1 saturated heterocycles. The first-order valence-electron chi connectivity index (χ1n) is 15.1. The number of ether oxygens (including phenoxy) is 1. The molecule has 0 spiro atoms. The summed E-state index contributed by atoms with van der Waals surface area (Å²) in [7, 11) is 0. The number of primary amides is 1. The summed E-state index contributed by atoms with van der Waals surface area (Å²) in [6, 6.07) is 16.6. The molecule has 4 unspecified atom stereocenters. The Bertz CT molecular complexity index is 1610. The molecule has 2 N–H and O–H groups in total. The smallest absolute Gasteiger partial charge is 0.369 e. The fraction of sp³-hybridized carbons (Fsp3) is 0.361. The normalized spacial score (nSPS) is 26.5. The van der Waals surface area contributed by atoms with E-state index < -0.39 is 17.6 Å². The zero-order chi connectivity index (χ0) is 29.8. The van der Waals surface area contributed by atoms with Crippen molar-refractivity contribution in [3.63, 3.8) is 0 Å². The van der Waals surface area contributed by atoms with E-state index in [2.05, 4.69) is 41.3 Å². The molecule has 2 aliphatic heterocycles. The average Bonchev–Trinajstić information content (AvgIpc) is 3.34. The zero-order valence-electron chi connectivity index (χ0n) is 23.9. The van der Waals surface area contributed by atoms with E-state index in [4.69, 9.17) is 10.5 Å². The highest BCUT2D eigenvalue weighted by Gasteiger charge is 2.54. The summed E-state index contributed by atoms with van der Waals surface area (Å²) >= 11 is 0. The first-order valence-corrected chi connectivity index (χ1v) is 15.1. The monoisotopic (exact) mass is 584 g/mol. The van der Waals surface area contributed by atoms with Gasteiger partial charge in [0.05, 0.1) is 22.8 Å². The molecule has 2 aliphatic carbocycles. The molecule has 4 aliphatic rings. The first kappa shape index (κ1) is 28.1. The Morgan fingerprint density at radius 2 is 1.63 bits per heavy atom. The Hall–Kier alpha value is -3.68. The highest BCUT2D eigenvalue weighted by atomic mass is 19.4. The largest absolute Gasteiger partial charge is 0.416 e. The Morgan fingerprint density at radius 1 is 0.907 bits per heavy atom. The molecule has 0 saturated carbocycles. The van der Waals surface area contributed by atoms with Crippen LogP contribution < -0.4 is 5.73 Å². The van der Waals surface area contributed by atoms with Gasteiger partial charge in [0.1, 0.15) is 0 Å². The van der Waals surface area contributed by atoms with E-state index in [0.29, 0.717) is 40.2 Å². The second kappa shape index (κ2) is 10.8. The average molecular weight is 585 g/mol. The number of fused-ring (bicyclic) bond motifs is 4. The molecular weight excluding hydrogens is 549 g/mol. The van der Waals surface area contributed by atoms with Gasteiger partial charge in [-0.15, -0.1) is 0 Å². The number of carbonyl (C=O) groups excluding carboxylic acids is 1. The van der Waals surface area contributed by atoms with Crippen molar-refractivity contribution in [3.8, 4) is 22.3 Å². The standard InChI is InChI=1S/C36H35F3N2O2/c37-36(38,39)27-15-13-23(14-16-27)28-7-5-8-29(33(28)34(40)42)25-11-12-26-21-41(19-17-24(26)20-25)22-35-18-4-3-9-31(35)30-6-1-2-10-32(30)43-35/h1-5,7-8,11-16,20,30-32H,6,9-10,17-19,21-22H2,(H2,40,42). The minimum Gasteiger partial charge on any atom is -0.369 e. The second-order valence-corrected chi connectivity index (χ2v) is 12.5. The Kier molecular flexibility index (Phi) is 7.06. The van der Waals surface area contributed by atoms with Crippen LogP contribution in [0.4, 0.5) is 13.2 Å². The zero-order valence-corrected chi connectivity index (χ0v) is 23.9. The van der Waals surface area contributed by atoms with Crippen molar-refractivity contribution >= 4 is 5.91 Å². The van der Waals surface area contributed by atoms with Crippen molar-refractivity contribution in [1.82, 2.24) is 4.90 Å². The highest BCUT2D eigenvalue weighted by molar-refractivity contribution is 6.06. The van der Waals surface area contributed by atoms with Gasteiger partial charge in [-0.25, -0.2) is 0 Å². The predicted molar refractivity (Wildman–Crippen MR) is 161 cm³/mol. The van der Waals surface area contributed by atoms with Gasteiger partial charge in [-0.3, -0.25) is 9.69 Å². The van der Waals surface area contributed by atoms with Crippen LogP contribution in [0.5, 0.6) is 0 Å². The topological polar surface area (TPSA) is 55.6 Å². The molecule has 222 valence electrons. The van der Waals surface area contributed by atoms with Crippen molar-refractivity contribution in [2.45, 2.75) is 56.5 Å². The minimum atomic E-state index is -4.43. The van der Waals surface area contributed by atoms with E-state index in [0.717, 1.165) is 69.4 Å². The number of amides is 1. The van der Waals surface area contributed by atoms with Crippen LogP contribution in [0, 0.1) is 11.8 Å². The lowest BCUT2D eigenvalue weighted by Crippen LogP contribution is -2.49. The Balaban J connectivity index is 1.14. The van der Waals surface area contributed by atoms with Gasteiger partial charge in [0.25, 0.3) is 0 Å². The number of halogens is 3. The van der Waals surface area contributed by atoms with Crippen molar-refractivity contribution < 1.29 is 22.7 Å². The van der Waals surface area contributed by atoms with Crippen molar-refractivity contribution in [1.29, 1.82) is 0 Å². The predicted octanol–water partition coefficient (Wildman–Crippen LogP) is 7.57. The quantitative estimate of drug-likeness (QED) is 0.315. The van der Waals surface area contributed by atoms with Crippen LogP contribution in [0.2, 0.25) is 0 Å². The summed E-state index contributed by atoms with van der Waals surface area (Å²) in [5, 5.41) is 0. The molecule has 0 aromatic heterocycles. The molecule has 3 aromatic carbocycles. The van der Waals surface area contributed by atoms with E-state index in [1.165, 1.54) is 23.3 Å². The molecule has 1 fully saturated rings. The van der Waals surface area contributed by atoms with Crippen molar-refractivity contribution in [3.05, 3.63) is 107 Å². The number of nitrogens with two attached hydrogens (primary N) is 1. The summed E-state index contributed by atoms with van der Waals surface area (Å²) in [6.45, 7) is 2.70. The summed E-state index contributed by atoms with van der Waals surface area (Å²) in [5.41, 5.74) is 10.4. The lowest BCUT2D eigenvalue weighted by Gasteiger charge is -2.42. The molecule has 4 atom stereocenters. The van der Waals surface area contributed by atoms with Gasteiger partial charge in [-0.1, -0.05) is 72.8 Å². The lowest BCUT2D eigenvalue weighted by molar-refractivity contribution is -0.137. The summed E-state index contributed by atoms with van der Waals surface area (Å²) < 4.78 is 46.3. The van der Waals surface area contributed by atoms with Crippen LogP contribution in [0.3, 0.4) is 0 Å². The fourth-order valence-electron chi connectivity index (χ4n) is 7.91. The van der Waals surface area contributed by atoms with Gasteiger partial charge >= 0.3 is 6.18 Å². The number of alkyl halides is 3. The van der Waals surface area contributed by atoms with Gasteiger partial charge in [-0.05, 0) is 89.5 Å². The molecule has 0 bridgehead atoms. The molecular formula is C36H35F3N2O2. The molecule has 4 nitrogen and oxygen atoms in total. The molecule has 43 heavy (non-hydrogen) atoms. The van der Waals surface area contributed by atoms with Crippen LogP contribution in [-0.2, 0) is 23.9 Å². The molecule has 7 heteroatoms. The maximum Gasteiger partial charge on any atom is 0.416 e. The maximum absolute atomic E-state index is 13.1. The van der Waals surface area contributed by atoms with E-state index in [-0.39, 0.29) is 5.60 Å². The van der Waals surface area contributed by atoms with Crippen LogP contribution in [-0.4, -0.2) is 35.6 Å². The van der Waals surface area contributed by atoms with Gasteiger partial charge in [-0.2, -0.15) is 13.2 Å². The number of nitrogens with zero attached hydrogens (tertiary/aromatic N) is 1. The van der Waals surface area contributed by atoms with Crippen LogP contribution in [0.1, 0.15) is 52.7 Å². The third-order valence-corrected chi connectivity index (χ3v) is 9.95. The molecule has 7 rings (SSSR count). The number of hydrogen-bond donors (Lipinski definition) is 1. The van der Waals surface area contributed by atoms with E-state index in [1.807, 2.05) is 18.2 Å². The third-order valence-electron chi connectivity index (χ3n) is 9.95. The van der Waals surface area contributed by atoms with E-state index >= 15 is 0 Å². The SMILES string of the molecule is NC(=O)c1c(-c2ccc(C(F)(F)F)cc2)cccc1-c1ccc2c(c1)CCN(CC13CC=CCC1C1CC=CCC1O3)C2. The number of allylic oxidation sites excluding steroid dienone is 2. The highest BCUT2D eigenvalue weighted by Crippen LogP contribution is 2.51. The number of rotatable bonds is 5. The van der Waals surface area contributed by atoms with E-state index in [1.54, 1.807) is 6.07 Å². The Labute approximate surface area is 250 Å². The fourth-order valence-corrected chi connectivity index (χ4v) is 7.91. The first-order chi connectivity index (χ1) is 20.7. The van der Waals surface area contributed by atoms with Gasteiger partial charge in [0.15, 0.2) is 0 Å². The molecule has 0 radical (unpaired) electrons. The third kappa shape index (κ3) is 5.12. The maximum atomic E-state index is 13.1. The molecule has 1 amide bonds. The van der Waals surface area contributed by atoms with Crippen LogP contribution >= 0.6 is 0 Å². The minimum absolute atomic E-state index is 0.122. The van der Waals surface area contributed by atoms with E-state index in [9.17, 15) is 18.0 Å². The van der Waals surface area contributed by atoms with Crippen molar-refractivity contribution in [2.24, 2.45) is 17.6 Å². The summed E-state index contributed by atoms with van der Waals surface area (Å²) in [6.07, 6.45) is 10.2. The van der Waals surface area contributed by atoms with Gasteiger partial charge in [0, 0.05) is 19.6 Å². The Morgan fingerprint density at radius 3 is 2.40 bits per heavy atom. The molecule has 3 aromatic rings. The number of hydrogen-bond acceptors (Lipinski definition) is 3. The van der Waals surface area contributed by atoms with Gasteiger partial charge < -0.3 is 10.5 Å². The summed E-state index contributed by atoms with van der Waals surface area (Å²) in [4.78, 5) is 15.3. The van der Waals surface area contributed by atoms with Crippen LogP contribution in [0.15, 0.2) is 85.0 Å². The molecule has 2 heterocycles.